The number of hydrogen-bond acceptors (Lipinski definition) is 5. The third-order valence-electron chi connectivity index (χ3n) is 6.08. The molecule has 0 bridgehead atoms. The van der Waals surface area contributed by atoms with Gasteiger partial charge in [-0.25, -0.2) is 0 Å². The van der Waals surface area contributed by atoms with E-state index in [-0.39, 0.29) is 11.2 Å². The van der Waals surface area contributed by atoms with Crippen molar-refractivity contribution in [3.8, 4) is 11.5 Å². The van der Waals surface area contributed by atoms with Gasteiger partial charge < -0.3 is 19.5 Å². The normalized spacial score (nSPS) is 16.0. The van der Waals surface area contributed by atoms with Crippen LogP contribution < -0.4 is 5.43 Å². The van der Waals surface area contributed by atoms with Crippen LogP contribution in [0.3, 0.4) is 0 Å². The number of aromatic nitrogens is 1. The van der Waals surface area contributed by atoms with E-state index < -0.39 is 0 Å². The number of phenols is 1. The minimum absolute atomic E-state index is 0.170. The van der Waals surface area contributed by atoms with Crippen LogP contribution in [-0.2, 0) is 24.1 Å². The second-order valence-corrected chi connectivity index (χ2v) is 8.12. The summed E-state index contributed by atoms with van der Waals surface area (Å²) in [4.78, 5) is 14.0. The number of hydrogen-bond donors (Lipinski definition) is 2. The SMILES string of the molecule is CCCN(CCOCCCn1ccc(=O)c(O)c1C)[C@H]1CCc2c(O)cccc2C1. The van der Waals surface area contributed by atoms with E-state index in [0.717, 1.165) is 50.8 Å². The summed E-state index contributed by atoms with van der Waals surface area (Å²) in [6, 6.07) is 7.75. The van der Waals surface area contributed by atoms with Crippen LogP contribution in [0.4, 0.5) is 0 Å². The van der Waals surface area contributed by atoms with Crippen molar-refractivity contribution in [3.05, 3.63) is 57.5 Å². The molecule has 3 rings (SSSR count). The molecule has 0 saturated heterocycles. The molecule has 1 aromatic carbocycles. The lowest BCUT2D eigenvalue weighted by Gasteiger charge is -2.35. The van der Waals surface area contributed by atoms with Crippen LogP contribution in [0.1, 0.15) is 43.0 Å². The number of aromatic hydroxyl groups is 2. The predicted octanol–water partition coefficient (Wildman–Crippen LogP) is 3.24. The summed E-state index contributed by atoms with van der Waals surface area (Å²) < 4.78 is 7.77. The van der Waals surface area contributed by atoms with Gasteiger partial charge in [-0.05, 0) is 62.8 Å². The molecule has 164 valence electrons. The molecule has 0 saturated carbocycles. The molecule has 1 aliphatic carbocycles. The quantitative estimate of drug-likeness (QED) is 0.584. The molecule has 1 aromatic heterocycles. The lowest BCUT2D eigenvalue weighted by molar-refractivity contribution is 0.0796. The molecule has 6 nitrogen and oxygen atoms in total. The van der Waals surface area contributed by atoms with E-state index in [1.807, 2.05) is 10.6 Å². The lowest BCUT2D eigenvalue weighted by Crippen LogP contribution is -2.41. The largest absolute Gasteiger partial charge is 0.508 e. The average Bonchev–Trinajstić information content (AvgIpc) is 2.75. The zero-order valence-electron chi connectivity index (χ0n) is 18.1. The van der Waals surface area contributed by atoms with Gasteiger partial charge in [0.25, 0.3) is 0 Å². The Bertz CT molecular complexity index is 893. The summed E-state index contributed by atoms with van der Waals surface area (Å²) in [6.07, 6.45) is 6.64. The number of fused-ring (bicyclic) bond motifs is 1. The molecule has 0 aliphatic heterocycles. The van der Waals surface area contributed by atoms with Gasteiger partial charge in [-0.3, -0.25) is 9.69 Å². The number of aryl methyl sites for hydroxylation is 1. The smallest absolute Gasteiger partial charge is 0.223 e. The third kappa shape index (κ3) is 5.43. The van der Waals surface area contributed by atoms with Crippen molar-refractivity contribution < 1.29 is 14.9 Å². The Balaban J connectivity index is 1.43. The summed E-state index contributed by atoms with van der Waals surface area (Å²) in [5.74, 6) is 0.263. The highest BCUT2D eigenvalue weighted by Gasteiger charge is 2.25. The first kappa shape index (κ1) is 22.4. The van der Waals surface area contributed by atoms with E-state index in [9.17, 15) is 15.0 Å². The summed E-state index contributed by atoms with van der Waals surface area (Å²) in [5.41, 5.74) is 2.65. The van der Waals surface area contributed by atoms with Crippen LogP contribution >= 0.6 is 0 Å². The number of benzene rings is 1. The Morgan fingerprint density at radius 1 is 1.20 bits per heavy atom. The van der Waals surface area contributed by atoms with Crippen molar-refractivity contribution in [3.63, 3.8) is 0 Å². The second kappa shape index (κ2) is 10.6. The number of phenolic OH excluding ortho intramolecular Hbond substituents is 1. The van der Waals surface area contributed by atoms with Gasteiger partial charge in [0.1, 0.15) is 5.75 Å². The molecule has 30 heavy (non-hydrogen) atoms. The highest BCUT2D eigenvalue weighted by Crippen LogP contribution is 2.30. The maximum atomic E-state index is 11.4. The summed E-state index contributed by atoms with van der Waals surface area (Å²) in [5, 5.41) is 19.8. The minimum Gasteiger partial charge on any atom is -0.508 e. The molecule has 0 amide bonds. The first-order valence-corrected chi connectivity index (χ1v) is 11.0. The van der Waals surface area contributed by atoms with E-state index >= 15 is 0 Å². The van der Waals surface area contributed by atoms with Gasteiger partial charge in [-0.1, -0.05) is 19.1 Å². The molecule has 1 aliphatic rings. The van der Waals surface area contributed by atoms with Crippen molar-refractivity contribution in [2.24, 2.45) is 0 Å². The molecule has 0 fully saturated rings. The van der Waals surface area contributed by atoms with Crippen LogP contribution in [0.15, 0.2) is 35.3 Å². The van der Waals surface area contributed by atoms with Crippen LogP contribution in [0.5, 0.6) is 11.5 Å². The second-order valence-electron chi connectivity index (χ2n) is 8.12. The van der Waals surface area contributed by atoms with E-state index in [1.54, 1.807) is 19.2 Å². The Hall–Kier alpha value is -2.31. The van der Waals surface area contributed by atoms with Gasteiger partial charge in [0.15, 0.2) is 5.75 Å². The summed E-state index contributed by atoms with van der Waals surface area (Å²) in [6.45, 7) is 7.97. The van der Waals surface area contributed by atoms with Gasteiger partial charge in [0.05, 0.1) is 12.3 Å². The van der Waals surface area contributed by atoms with Gasteiger partial charge >= 0.3 is 0 Å². The standard InChI is InChI=1S/C24H34N2O4/c1-3-11-26(20-8-9-21-19(17-20)6-4-7-22(21)27)14-16-30-15-5-12-25-13-10-23(28)24(29)18(25)2/h4,6-7,10,13,20,27,29H,3,5,8-9,11-12,14-17H2,1-2H3/t20-/m0/s1. The van der Waals surface area contributed by atoms with Crippen LogP contribution in [0, 0.1) is 6.92 Å². The molecule has 1 heterocycles. The van der Waals surface area contributed by atoms with E-state index in [4.69, 9.17) is 4.74 Å². The van der Waals surface area contributed by atoms with Crippen molar-refractivity contribution in [2.75, 3.05) is 26.3 Å². The molecule has 1 atom stereocenters. The van der Waals surface area contributed by atoms with Gasteiger partial charge in [0, 0.05) is 38.0 Å². The Kier molecular flexibility index (Phi) is 7.94. The fourth-order valence-corrected chi connectivity index (χ4v) is 4.37. The number of ether oxygens (including phenoxy) is 1. The zero-order valence-corrected chi connectivity index (χ0v) is 18.1. The molecule has 2 aromatic rings. The van der Waals surface area contributed by atoms with Crippen LogP contribution in [-0.4, -0.2) is 52.0 Å². The Morgan fingerprint density at radius 2 is 2.03 bits per heavy atom. The fraction of sp³-hybridized carbons (Fsp3) is 0.542. The monoisotopic (exact) mass is 414 g/mol. The average molecular weight is 415 g/mol. The Labute approximate surface area is 178 Å². The number of pyridine rings is 1. The van der Waals surface area contributed by atoms with Crippen molar-refractivity contribution >= 4 is 0 Å². The molecular formula is C24H34N2O4. The van der Waals surface area contributed by atoms with E-state index in [0.29, 0.717) is 37.2 Å². The lowest BCUT2D eigenvalue weighted by atomic mass is 9.87. The Morgan fingerprint density at radius 3 is 2.83 bits per heavy atom. The first-order chi connectivity index (χ1) is 14.5. The molecule has 0 unspecified atom stereocenters. The van der Waals surface area contributed by atoms with Gasteiger partial charge in [-0.2, -0.15) is 0 Å². The van der Waals surface area contributed by atoms with Gasteiger partial charge in [-0.15, -0.1) is 0 Å². The van der Waals surface area contributed by atoms with Crippen molar-refractivity contribution in [2.45, 2.75) is 58.5 Å². The van der Waals surface area contributed by atoms with Crippen molar-refractivity contribution in [1.82, 2.24) is 9.47 Å². The first-order valence-electron chi connectivity index (χ1n) is 11.0. The third-order valence-corrected chi connectivity index (χ3v) is 6.08. The minimum atomic E-state index is -0.337. The summed E-state index contributed by atoms with van der Waals surface area (Å²) >= 11 is 0. The van der Waals surface area contributed by atoms with Crippen LogP contribution in [0.25, 0.3) is 0 Å². The number of rotatable bonds is 10. The molecule has 0 spiro atoms. The molecule has 0 radical (unpaired) electrons. The topological polar surface area (TPSA) is 74.9 Å². The van der Waals surface area contributed by atoms with Gasteiger partial charge in [0.2, 0.25) is 5.43 Å². The van der Waals surface area contributed by atoms with E-state index in [1.165, 1.54) is 11.6 Å². The summed E-state index contributed by atoms with van der Waals surface area (Å²) in [7, 11) is 0. The number of nitrogens with zero attached hydrogens (tertiary/aromatic N) is 2. The highest BCUT2D eigenvalue weighted by molar-refractivity contribution is 5.41. The maximum absolute atomic E-state index is 11.4. The maximum Gasteiger partial charge on any atom is 0.223 e. The molecular weight excluding hydrogens is 380 g/mol. The molecule has 2 N–H and O–H groups in total. The highest BCUT2D eigenvalue weighted by atomic mass is 16.5. The molecule has 6 heteroatoms. The van der Waals surface area contributed by atoms with E-state index in [2.05, 4.69) is 17.9 Å². The fourth-order valence-electron chi connectivity index (χ4n) is 4.37. The zero-order chi connectivity index (χ0) is 21.5. The van der Waals surface area contributed by atoms with Crippen LogP contribution in [0.2, 0.25) is 0 Å². The predicted molar refractivity (Wildman–Crippen MR) is 118 cm³/mol. The van der Waals surface area contributed by atoms with Crippen molar-refractivity contribution in [1.29, 1.82) is 0 Å².